The van der Waals surface area contributed by atoms with Gasteiger partial charge in [0.2, 0.25) is 18.0 Å². The third-order valence-corrected chi connectivity index (χ3v) is 3.75. The molecule has 0 saturated carbocycles. The van der Waals surface area contributed by atoms with Crippen LogP contribution in [0.2, 0.25) is 0 Å². The highest BCUT2D eigenvalue weighted by molar-refractivity contribution is 5.86. The molecule has 7 nitrogen and oxygen atoms in total. The number of esters is 1. The molecule has 1 heterocycles. The van der Waals surface area contributed by atoms with Gasteiger partial charge >= 0.3 is 5.97 Å². The van der Waals surface area contributed by atoms with Gasteiger partial charge in [-0.15, -0.1) is 6.58 Å². The average molecular weight is 367 g/mol. The number of ether oxygens (including phenoxy) is 4. The van der Waals surface area contributed by atoms with Crippen molar-refractivity contribution >= 4 is 11.9 Å². The maximum absolute atomic E-state index is 12.2. The van der Waals surface area contributed by atoms with Crippen LogP contribution in [0.15, 0.2) is 37.1 Å². The van der Waals surface area contributed by atoms with Crippen LogP contribution in [0.1, 0.15) is 33.6 Å². The highest BCUT2D eigenvalue weighted by Gasteiger charge is 2.40. The first-order valence-electron chi connectivity index (χ1n) is 8.78. The van der Waals surface area contributed by atoms with Gasteiger partial charge in [0.1, 0.15) is 18.8 Å². The summed E-state index contributed by atoms with van der Waals surface area (Å²) in [6, 6.07) is -0.607. The second-order valence-corrected chi connectivity index (χ2v) is 5.79. The second-order valence-electron chi connectivity index (χ2n) is 5.79. The smallest absolute Gasteiger partial charge is 0.373 e. The zero-order valence-corrected chi connectivity index (χ0v) is 15.7. The highest BCUT2D eigenvalue weighted by Crippen LogP contribution is 2.25. The summed E-state index contributed by atoms with van der Waals surface area (Å²) < 4.78 is 22.4. The Bertz CT molecular complexity index is 526. The van der Waals surface area contributed by atoms with Crippen molar-refractivity contribution in [1.82, 2.24) is 5.32 Å². The molecule has 0 spiro atoms. The molecule has 1 amide bonds. The van der Waals surface area contributed by atoms with Crippen LogP contribution in [0.3, 0.4) is 0 Å². The molecule has 0 aromatic carbocycles. The lowest BCUT2D eigenvalue weighted by Gasteiger charge is -2.37. The molecule has 146 valence electrons. The monoisotopic (exact) mass is 367 g/mol. The first-order chi connectivity index (χ1) is 12.5. The van der Waals surface area contributed by atoms with Gasteiger partial charge in [0.05, 0.1) is 12.7 Å². The van der Waals surface area contributed by atoms with Crippen LogP contribution in [0.5, 0.6) is 0 Å². The Morgan fingerprint density at radius 3 is 2.46 bits per heavy atom. The molecule has 1 aliphatic heterocycles. The minimum Gasteiger partial charge on any atom is -0.456 e. The molecule has 0 aromatic heterocycles. The van der Waals surface area contributed by atoms with Crippen LogP contribution >= 0.6 is 0 Å². The molecule has 0 fully saturated rings. The average Bonchev–Trinajstić information content (AvgIpc) is 2.63. The maximum atomic E-state index is 12.2. The van der Waals surface area contributed by atoms with Crippen molar-refractivity contribution in [2.24, 2.45) is 0 Å². The lowest BCUT2D eigenvalue weighted by atomic mass is 10.1. The number of nitrogens with one attached hydrogen (secondary N) is 1. The summed E-state index contributed by atoms with van der Waals surface area (Å²) in [7, 11) is 0. The predicted octanol–water partition coefficient (Wildman–Crippen LogP) is 2.24. The first-order valence-corrected chi connectivity index (χ1v) is 8.78. The third kappa shape index (κ3) is 6.65. The fourth-order valence-electron chi connectivity index (χ4n) is 2.47. The van der Waals surface area contributed by atoms with Gasteiger partial charge in [-0.1, -0.05) is 32.6 Å². The van der Waals surface area contributed by atoms with E-state index in [0.717, 1.165) is 12.8 Å². The number of carbonyl (C=O) groups excluding carboxylic acids is 2. The van der Waals surface area contributed by atoms with Crippen molar-refractivity contribution in [2.45, 2.75) is 58.2 Å². The number of carbonyl (C=O) groups is 2. The van der Waals surface area contributed by atoms with E-state index in [0.29, 0.717) is 0 Å². The fourth-order valence-corrected chi connectivity index (χ4v) is 2.47. The van der Waals surface area contributed by atoms with Crippen LogP contribution < -0.4 is 5.32 Å². The van der Waals surface area contributed by atoms with Gasteiger partial charge in [0.25, 0.3) is 0 Å². The maximum Gasteiger partial charge on any atom is 0.373 e. The van der Waals surface area contributed by atoms with Gasteiger partial charge in [-0.2, -0.15) is 0 Å². The van der Waals surface area contributed by atoms with E-state index in [9.17, 15) is 9.59 Å². The van der Waals surface area contributed by atoms with E-state index < -0.39 is 24.4 Å². The minimum absolute atomic E-state index is 0.0153. The van der Waals surface area contributed by atoms with E-state index >= 15 is 0 Å². The molecule has 0 bridgehead atoms. The first kappa shape index (κ1) is 21.9. The molecular formula is C19H29NO6. The standard InChI is InChI=1S/C19H29NO6/c1-6-10-23-15-12-16(18(22)24-11-7-2)26-19(17(15)20-13(5)21)25-14(8-3)9-4/h6-7,12,14-15,17,19H,1-2,8-11H2,3-5H3,(H,20,21)/t15-,17+,19+/m0/s1. The molecule has 1 N–H and O–H groups in total. The van der Waals surface area contributed by atoms with Crippen molar-refractivity contribution in [2.75, 3.05) is 13.2 Å². The molecule has 0 radical (unpaired) electrons. The Kier molecular flexibility index (Phi) is 9.69. The number of hydrogen-bond acceptors (Lipinski definition) is 6. The topological polar surface area (TPSA) is 83.1 Å². The number of hydrogen-bond donors (Lipinski definition) is 1. The van der Waals surface area contributed by atoms with Gasteiger partial charge in [-0.25, -0.2) is 4.79 Å². The van der Waals surface area contributed by atoms with E-state index in [1.54, 1.807) is 6.08 Å². The fraction of sp³-hybridized carbons (Fsp3) is 0.579. The van der Waals surface area contributed by atoms with Gasteiger partial charge < -0.3 is 24.3 Å². The predicted molar refractivity (Wildman–Crippen MR) is 97.1 cm³/mol. The van der Waals surface area contributed by atoms with E-state index in [2.05, 4.69) is 18.5 Å². The zero-order valence-electron chi connectivity index (χ0n) is 15.7. The second kappa shape index (κ2) is 11.5. The molecular weight excluding hydrogens is 338 g/mol. The van der Waals surface area contributed by atoms with E-state index in [1.165, 1.54) is 19.1 Å². The van der Waals surface area contributed by atoms with Crippen molar-refractivity contribution in [3.63, 3.8) is 0 Å². The molecule has 3 atom stereocenters. The summed E-state index contributed by atoms with van der Waals surface area (Å²) in [6.45, 7) is 12.8. The molecule has 1 rings (SSSR count). The van der Waals surface area contributed by atoms with Gasteiger partial charge in [0.15, 0.2) is 0 Å². The SMILES string of the molecule is C=CCOC(=O)C1=C[C@H](OCC=C)[C@@H](NC(C)=O)[C@H](OC(CC)CC)O1. The molecule has 1 aliphatic rings. The van der Waals surface area contributed by atoms with Gasteiger partial charge in [-0.05, 0) is 18.9 Å². The van der Waals surface area contributed by atoms with Crippen molar-refractivity contribution in [3.05, 3.63) is 37.1 Å². The number of amides is 1. The normalized spacial score (nSPS) is 22.2. The van der Waals surface area contributed by atoms with Crippen LogP contribution in [-0.4, -0.2) is 49.6 Å². The van der Waals surface area contributed by atoms with Gasteiger partial charge in [-0.3, -0.25) is 4.79 Å². The highest BCUT2D eigenvalue weighted by atomic mass is 16.7. The molecule has 26 heavy (non-hydrogen) atoms. The lowest BCUT2D eigenvalue weighted by Crippen LogP contribution is -2.55. The summed E-state index contributed by atoms with van der Waals surface area (Å²) in [6.07, 6.45) is 4.47. The lowest BCUT2D eigenvalue weighted by molar-refractivity contribution is -0.198. The number of rotatable bonds is 11. The summed E-state index contributed by atoms with van der Waals surface area (Å²) in [5.74, 6) is -0.912. The molecule has 0 aliphatic carbocycles. The van der Waals surface area contributed by atoms with E-state index in [-0.39, 0.29) is 31.0 Å². The van der Waals surface area contributed by atoms with E-state index in [4.69, 9.17) is 18.9 Å². The van der Waals surface area contributed by atoms with E-state index in [1.807, 2.05) is 13.8 Å². The van der Waals surface area contributed by atoms with Crippen LogP contribution in [0, 0.1) is 0 Å². The van der Waals surface area contributed by atoms with Crippen molar-refractivity contribution in [1.29, 1.82) is 0 Å². The summed E-state index contributed by atoms with van der Waals surface area (Å²) >= 11 is 0. The molecule has 0 saturated heterocycles. The molecule has 7 heteroatoms. The Hall–Kier alpha value is -2.12. The van der Waals surface area contributed by atoms with Crippen LogP contribution in [0.25, 0.3) is 0 Å². The quantitative estimate of drug-likeness (QED) is 0.445. The van der Waals surface area contributed by atoms with Crippen LogP contribution in [0.4, 0.5) is 0 Å². The Balaban J connectivity index is 3.10. The van der Waals surface area contributed by atoms with Crippen molar-refractivity contribution in [3.8, 4) is 0 Å². The van der Waals surface area contributed by atoms with Crippen LogP contribution in [-0.2, 0) is 28.5 Å². The Labute approximate surface area is 155 Å². The summed E-state index contributed by atoms with van der Waals surface area (Å²) in [5, 5.41) is 2.79. The minimum atomic E-state index is -0.880. The molecule has 0 aromatic rings. The summed E-state index contributed by atoms with van der Waals surface area (Å²) in [4.78, 5) is 23.8. The van der Waals surface area contributed by atoms with Gasteiger partial charge in [0, 0.05) is 6.92 Å². The third-order valence-electron chi connectivity index (χ3n) is 3.75. The Morgan fingerprint density at radius 1 is 1.27 bits per heavy atom. The van der Waals surface area contributed by atoms with Crippen molar-refractivity contribution < 1.29 is 28.5 Å². The summed E-state index contributed by atoms with van der Waals surface area (Å²) in [5.41, 5.74) is 0. The largest absolute Gasteiger partial charge is 0.456 e. The molecule has 0 unspecified atom stereocenters. The zero-order chi connectivity index (χ0) is 19.5. The Morgan fingerprint density at radius 2 is 1.92 bits per heavy atom.